The Kier molecular flexibility index (Phi) is 3.75. The van der Waals surface area contributed by atoms with Crippen molar-refractivity contribution in [2.45, 2.75) is 18.9 Å². The van der Waals surface area contributed by atoms with Gasteiger partial charge >= 0.3 is 0 Å². The van der Waals surface area contributed by atoms with Crippen LogP contribution in [-0.2, 0) is 16.0 Å². The Labute approximate surface area is 135 Å². The normalized spacial score (nSPS) is 22.4. The minimum Gasteiger partial charge on any atom is -0.384 e. The molecule has 2 aromatic carbocycles. The van der Waals surface area contributed by atoms with Gasteiger partial charge in [0.25, 0.3) is 0 Å². The van der Waals surface area contributed by atoms with Crippen molar-refractivity contribution in [1.82, 2.24) is 0 Å². The van der Waals surface area contributed by atoms with E-state index < -0.39 is 0 Å². The predicted octanol–water partition coefficient (Wildman–Crippen LogP) is 3.37. The van der Waals surface area contributed by atoms with Crippen LogP contribution in [0.25, 0.3) is 0 Å². The molecular weight excluding hydrogens is 288 g/mol. The van der Waals surface area contributed by atoms with Crippen molar-refractivity contribution in [3.63, 3.8) is 0 Å². The molecule has 0 saturated carbocycles. The molecule has 23 heavy (non-hydrogen) atoms. The number of hydrogen-bond donors (Lipinski definition) is 2. The van der Waals surface area contributed by atoms with Crippen molar-refractivity contribution >= 4 is 17.3 Å². The molecule has 2 aromatic rings. The Morgan fingerprint density at radius 2 is 2.00 bits per heavy atom. The maximum absolute atomic E-state index is 12.8. The molecule has 0 radical (unpaired) electrons. The molecule has 2 aliphatic rings. The number of benzene rings is 2. The van der Waals surface area contributed by atoms with E-state index in [9.17, 15) is 4.79 Å². The highest BCUT2D eigenvalue weighted by Crippen LogP contribution is 2.36. The molecule has 1 fully saturated rings. The van der Waals surface area contributed by atoms with E-state index in [1.165, 1.54) is 5.56 Å². The molecule has 0 unspecified atom stereocenters. The third-order valence-corrected chi connectivity index (χ3v) is 4.68. The van der Waals surface area contributed by atoms with Crippen LogP contribution in [-0.4, -0.2) is 19.1 Å². The van der Waals surface area contributed by atoms with E-state index >= 15 is 0 Å². The number of carbonyl (C=O) groups excluding carboxylic acids is 1. The van der Waals surface area contributed by atoms with Crippen molar-refractivity contribution in [2.75, 3.05) is 23.8 Å². The molecule has 0 spiro atoms. The van der Waals surface area contributed by atoms with Crippen LogP contribution in [0.3, 0.4) is 0 Å². The summed E-state index contributed by atoms with van der Waals surface area (Å²) in [6.07, 6.45) is 1.57. The van der Waals surface area contributed by atoms with Crippen molar-refractivity contribution < 1.29 is 9.53 Å². The minimum absolute atomic E-state index is 0.0525. The van der Waals surface area contributed by atoms with Gasteiger partial charge in [0, 0.05) is 30.1 Å². The summed E-state index contributed by atoms with van der Waals surface area (Å²) >= 11 is 0. The first-order valence-electron chi connectivity index (χ1n) is 8.16. The van der Waals surface area contributed by atoms with Crippen LogP contribution >= 0.6 is 0 Å². The summed E-state index contributed by atoms with van der Waals surface area (Å²) in [5, 5.41) is 6.47. The van der Waals surface area contributed by atoms with E-state index in [2.05, 4.69) is 16.7 Å². The van der Waals surface area contributed by atoms with Crippen LogP contribution in [0.4, 0.5) is 11.4 Å². The highest BCUT2D eigenvalue weighted by Gasteiger charge is 2.35. The van der Waals surface area contributed by atoms with Crippen LogP contribution in [0.5, 0.6) is 0 Å². The molecule has 2 heterocycles. The smallest absolute Gasteiger partial charge is 0.230 e. The zero-order valence-electron chi connectivity index (χ0n) is 12.9. The quantitative estimate of drug-likeness (QED) is 0.914. The zero-order valence-corrected chi connectivity index (χ0v) is 12.9. The van der Waals surface area contributed by atoms with E-state index in [1.54, 1.807) is 0 Å². The second kappa shape index (κ2) is 6.05. The predicted molar refractivity (Wildman–Crippen MR) is 90.5 cm³/mol. The maximum atomic E-state index is 12.8. The summed E-state index contributed by atoms with van der Waals surface area (Å²) in [5.41, 5.74) is 4.34. The Bertz CT molecular complexity index is 715. The second-order valence-electron chi connectivity index (χ2n) is 6.09. The van der Waals surface area contributed by atoms with Gasteiger partial charge in [-0.1, -0.05) is 36.4 Å². The van der Waals surface area contributed by atoms with Crippen molar-refractivity contribution in [3.8, 4) is 0 Å². The molecule has 4 nitrogen and oxygen atoms in total. The molecule has 0 aliphatic carbocycles. The lowest BCUT2D eigenvalue weighted by Gasteiger charge is -2.19. The number of anilines is 2. The maximum Gasteiger partial charge on any atom is 0.230 e. The third-order valence-electron chi connectivity index (χ3n) is 4.68. The van der Waals surface area contributed by atoms with Crippen LogP contribution in [0.2, 0.25) is 0 Å². The highest BCUT2D eigenvalue weighted by molar-refractivity contribution is 5.95. The summed E-state index contributed by atoms with van der Waals surface area (Å²) in [4.78, 5) is 12.8. The molecule has 1 amide bonds. The number of fused-ring (bicyclic) bond motifs is 1. The lowest BCUT2D eigenvalue weighted by atomic mass is 9.94. The van der Waals surface area contributed by atoms with E-state index in [4.69, 9.17) is 4.74 Å². The first-order chi connectivity index (χ1) is 11.3. The Morgan fingerprint density at radius 3 is 2.87 bits per heavy atom. The number of ether oxygens (including phenoxy) is 1. The molecule has 0 aromatic heterocycles. The first-order valence-corrected chi connectivity index (χ1v) is 8.16. The molecule has 118 valence electrons. The van der Waals surface area contributed by atoms with E-state index in [1.807, 2.05) is 42.5 Å². The fourth-order valence-corrected chi connectivity index (χ4v) is 3.52. The number of hydrogen-bond acceptors (Lipinski definition) is 3. The Balaban J connectivity index is 1.54. The molecule has 4 rings (SSSR count). The molecule has 2 aliphatic heterocycles. The van der Waals surface area contributed by atoms with Crippen molar-refractivity contribution in [3.05, 3.63) is 59.7 Å². The summed E-state index contributed by atoms with van der Waals surface area (Å²) in [6.45, 7) is 1.56. The monoisotopic (exact) mass is 308 g/mol. The van der Waals surface area contributed by atoms with Crippen molar-refractivity contribution in [1.29, 1.82) is 0 Å². The zero-order chi connectivity index (χ0) is 15.6. The average molecular weight is 308 g/mol. The lowest BCUT2D eigenvalue weighted by Crippen LogP contribution is -2.25. The standard InChI is InChI=1S/C19H20N2O2/c22-19(21-17-8-4-7-16-14(17)9-11-20-16)15-10-12-23-18(15)13-5-2-1-3-6-13/h1-8,15,18,20H,9-12H2,(H,21,22)/t15-,18+/m1/s1. The minimum atomic E-state index is -0.147. The molecule has 2 N–H and O–H groups in total. The van der Waals surface area contributed by atoms with E-state index in [0.717, 1.165) is 36.3 Å². The fraction of sp³-hybridized carbons (Fsp3) is 0.316. The van der Waals surface area contributed by atoms with Crippen LogP contribution in [0.15, 0.2) is 48.5 Å². The van der Waals surface area contributed by atoms with E-state index in [-0.39, 0.29) is 17.9 Å². The summed E-state index contributed by atoms with van der Waals surface area (Å²) in [5.74, 6) is -0.0840. The Hall–Kier alpha value is -2.33. The highest BCUT2D eigenvalue weighted by atomic mass is 16.5. The van der Waals surface area contributed by atoms with Gasteiger partial charge in [-0.25, -0.2) is 0 Å². The lowest BCUT2D eigenvalue weighted by molar-refractivity contribution is -0.121. The van der Waals surface area contributed by atoms with Gasteiger partial charge in [0.05, 0.1) is 12.0 Å². The Morgan fingerprint density at radius 1 is 1.13 bits per heavy atom. The van der Waals surface area contributed by atoms with Crippen molar-refractivity contribution in [2.24, 2.45) is 5.92 Å². The topological polar surface area (TPSA) is 50.4 Å². The fourth-order valence-electron chi connectivity index (χ4n) is 3.52. The number of amides is 1. The third kappa shape index (κ3) is 2.70. The molecular formula is C19H20N2O2. The van der Waals surface area contributed by atoms with Crippen LogP contribution in [0, 0.1) is 5.92 Å². The summed E-state index contributed by atoms with van der Waals surface area (Å²) < 4.78 is 5.83. The summed E-state index contributed by atoms with van der Waals surface area (Å²) in [6, 6.07) is 16.0. The van der Waals surface area contributed by atoms with E-state index in [0.29, 0.717) is 6.61 Å². The van der Waals surface area contributed by atoms with Gasteiger partial charge in [-0.05, 0) is 30.5 Å². The largest absolute Gasteiger partial charge is 0.384 e. The van der Waals surface area contributed by atoms with Gasteiger partial charge < -0.3 is 15.4 Å². The number of nitrogens with one attached hydrogen (secondary N) is 2. The van der Waals surface area contributed by atoms with Gasteiger partial charge in [0.15, 0.2) is 0 Å². The van der Waals surface area contributed by atoms with Gasteiger partial charge in [-0.15, -0.1) is 0 Å². The molecule has 1 saturated heterocycles. The average Bonchev–Trinajstić information content (AvgIpc) is 3.25. The van der Waals surface area contributed by atoms with Gasteiger partial charge in [0.1, 0.15) is 0 Å². The molecule has 2 atom stereocenters. The second-order valence-corrected chi connectivity index (χ2v) is 6.09. The van der Waals surface area contributed by atoms with Gasteiger partial charge in [-0.3, -0.25) is 4.79 Å². The van der Waals surface area contributed by atoms with Gasteiger partial charge in [-0.2, -0.15) is 0 Å². The van der Waals surface area contributed by atoms with Crippen LogP contribution in [0.1, 0.15) is 23.7 Å². The summed E-state index contributed by atoms with van der Waals surface area (Å²) in [7, 11) is 0. The number of rotatable bonds is 3. The molecule has 4 heteroatoms. The first kappa shape index (κ1) is 14.3. The SMILES string of the molecule is O=C(Nc1cccc2c1CCN2)[C@@H]1CCO[C@H]1c1ccccc1. The number of carbonyl (C=O) groups is 1. The van der Waals surface area contributed by atoms with Gasteiger partial charge in [0.2, 0.25) is 5.91 Å². The van der Waals surface area contributed by atoms with Crippen LogP contribution < -0.4 is 10.6 Å². The molecule has 0 bridgehead atoms.